The highest BCUT2D eigenvalue weighted by atomic mass is 35.5. The Balaban J connectivity index is 2.54. The van der Waals surface area contributed by atoms with E-state index in [4.69, 9.17) is 27.9 Å². The largest absolute Gasteiger partial charge is 0.496 e. The molecule has 0 aromatic heterocycles. The molecule has 0 bridgehead atoms. The van der Waals surface area contributed by atoms with Crippen LogP contribution in [0.15, 0.2) is 30.3 Å². The van der Waals surface area contributed by atoms with Crippen LogP contribution in [0, 0.1) is 13.8 Å². The average molecular weight is 311 g/mol. The predicted octanol–water partition coefficient (Wildman–Crippen LogP) is 4.70. The van der Waals surface area contributed by atoms with Crippen molar-refractivity contribution in [1.29, 1.82) is 0 Å². The molecule has 2 aromatic carbocycles. The van der Waals surface area contributed by atoms with E-state index in [2.05, 4.69) is 0 Å². The van der Waals surface area contributed by atoms with Crippen LogP contribution in [0.2, 0.25) is 10.0 Å². The van der Waals surface area contributed by atoms with Gasteiger partial charge in [-0.25, -0.2) is 0 Å². The second-order valence-corrected chi connectivity index (χ2v) is 5.59. The Morgan fingerprint density at radius 2 is 1.70 bits per heavy atom. The highest BCUT2D eigenvalue weighted by molar-refractivity contribution is 6.31. The van der Waals surface area contributed by atoms with Crippen molar-refractivity contribution in [2.45, 2.75) is 20.0 Å². The van der Waals surface area contributed by atoms with Gasteiger partial charge < -0.3 is 9.84 Å². The molecule has 0 saturated carbocycles. The van der Waals surface area contributed by atoms with Gasteiger partial charge in [0.2, 0.25) is 0 Å². The van der Waals surface area contributed by atoms with Crippen LogP contribution in [0.3, 0.4) is 0 Å². The molecule has 0 aliphatic heterocycles. The normalized spacial score (nSPS) is 12.3. The SMILES string of the molecule is COc1ccc(Cl)cc1C(O)c1cc(C)c(Cl)cc1C. The van der Waals surface area contributed by atoms with Crippen LogP contribution in [-0.2, 0) is 0 Å². The lowest BCUT2D eigenvalue weighted by molar-refractivity contribution is 0.214. The first kappa shape index (κ1) is 15.2. The first-order valence-electron chi connectivity index (χ1n) is 6.22. The van der Waals surface area contributed by atoms with Crippen molar-refractivity contribution < 1.29 is 9.84 Å². The van der Waals surface area contributed by atoms with Crippen LogP contribution in [0.4, 0.5) is 0 Å². The molecule has 0 saturated heterocycles. The van der Waals surface area contributed by atoms with E-state index in [0.717, 1.165) is 16.7 Å². The number of aliphatic hydroxyl groups is 1. The number of ether oxygens (including phenoxy) is 1. The van der Waals surface area contributed by atoms with E-state index < -0.39 is 6.10 Å². The first-order valence-corrected chi connectivity index (χ1v) is 6.97. The van der Waals surface area contributed by atoms with Gasteiger partial charge in [0.15, 0.2) is 0 Å². The monoisotopic (exact) mass is 310 g/mol. The Bertz CT molecular complexity index is 639. The smallest absolute Gasteiger partial charge is 0.125 e. The fourth-order valence-corrected chi connectivity index (χ4v) is 2.58. The fraction of sp³-hybridized carbons (Fsp3) is 0.250. The molecular weight excluding hydrogens is 295 g/mol. The van der Waals surface area contributed by atoms with Crippen LogP contribution in [0.5, 0.6) is 5.75 Å². The topological polar surface area (TPSA) is 29.5 Å². The third-order valence-corrected chi connectivity index (χ3v) is 3.97. The summed E-state index contributed by atoms with van der Waals surface area (Å²) in [6.45, 7) is 3.83. The molecule has 106 valence electrons. The molecule has 0 fully saturated rings. The summed E-state index contributed by atoms with van der Waals surface area (Å²) in [6.07, 6.45) is -0.806. The lowest BCUT2D eigenvalue weighted by atomic mass is 9.95. The van der Waals surface area contributed by atoms with Crippen LogP contribution in [0.1, 0.15) is 28.4 Å². The van der Waals surface area contributed by atoms with Crippen LogP contribution in [0.25, 0.3) is 0 Å². The molecule has 0 aliphatic carbocycles. The van der Waals surface area contributed by atoms with E-state index in [0.29, 0.717) is 21.4 Å². The molecule has 1 unspecified atom stereocenters. The van der Waals surface area contributed by atoms with Crippen molar-refractivity contribution >= 4 is 23.2 Å². The van der Waals surface area contributed by atoms with Gasteiger partial charge in [0.1, 0.15) is 11.9 Å². The molecule has 1 atom stereocenters. The Labute approximate surface area is 128 Å². The molecule has 0 aliphatic rings. The van der Waals surface area contributed by atoms with Crippen molar-refractivity contribution in [3.05, 3.63) is 62.6 Å². The number of methoxy groups -OCH3 is 1. The molecule has 2 nitrogen and oxygen atoms in total. The predicted molar refractivity (Wildman–Crippen MR) is 83.0 cm³/mol. The number of halogens is 2. The van der Waals surface area contributed by atoms with Gasteiger partial charge in [-0.3, -0.25) is 0 Å². The second-order valence-electron chi connectivity index (χ2n) is 4.75. The number of benzene rings is 2. The van der Waals surface area contributed by atoms with Gasteiger partial charge in [-0.1, -0.05) is 29.3 Å². The minimum absolute atomic E-state index is 0.559. The standard InChI is InChI=1S/C16H16Cl2O2/c1-9-7-14(18)10(2)6-12(9)16(19)13-8-11(17)4-5-15(13)20-3/h4-8,16,19H,1-3H3. The van der Waals surface area contributed by atoms with E-state index in [9.17, 15) is 5.11 Å². The maximum atomic E-state index is 10.6. The molecule has 20 heavy (non-hydrogen) atoms. The Kier molecular flexibility index (Phi) is 4.59. The second kappa shape index (κ2) is 6.04. The Morgan fingerprint density at radius 1 is 1.00 bits per heavy atom. The summed E-state index contributed by atoms with van der Waals surface area (Å²) in [4.78, 5) is 0. The summed E-state index contributed by atoms with van der Waals surface area (Å²) < 4.78 is 5.29. The average Bonchev–Trinajstić information content (AvgIpc) is 2.42. The fourth-order valence-electron chi connectivity index (χ4n) is 2.18. The van der Waals surface area contributed by atoms with Crippen LogP contribution < -0.4 is 4.74 Å². The van der Waals surface area contributed by atoms with Crippen LogP contribution >= 0.6 is 23.2 Å². The molecule has 0 radical (unpaired) electrons. The van der Waals surface area contributed by atoms with Gasteiger partial charge in [-0.2, -0.15) is 0 Å². The minimum Gasteiger partial charge on any atom is -0.496 e. The Morgan fingerprint density at radius 3 is 2.35 bits per heavy atom. The van der Waals surface area contributed by atoms with E-state index >= 15 is 0 Å². The summed E-state index contributed by atoms with van der Waals surface area (Å²) in [5.41, 5.74) is 3.29. The van der Waals surface area contributed by atoms with Crippen molar-refractivity contribution in [2.75, 3.05) is 7.11 Å². The van der Waals surface area contributed by atoms with Gasteiger partial charge in [0, 0.05) is 15.6 Å². The van der Waals surface area contributed by atoms with Crippen molar-refractivity contribution in [1.82, 2.24) is 0 Å². The molecule has 2 rings (SSSR count). The third-order valence-electron chi connectivity index (χ3n) is 3.33. The lowest BCUT2D eigenvalue weighted by Crippen LogP contribution is -2.05. The summed E-state index contributed by atoms with van der Waals surface area (Å²) >= 11 is 12.1. The minimum atomic E-state index is -0.806. The molecule has 2 aromatic rings. The van der Waals surface area contributed by atoms with Gasteiger partial charge in [-0.05, 0) is 54.8 Å². The quantitative estimate of drug-likeness (QED) is 0.890. The summed E-state index contributed by atoms with van der Waals surface area (Å²) in [6, 6.07) is 8.94. The third kappa shape index (κ3) is 2.93. The van der Waals surface area contributed by atoms with E-state index in [1.165, 1.54) is 0 Å². The van der Waals surface area contributed by atoms with E-state index in [-0.39, 0.29) is 0 Å². The highest BCUT2D eigenvalue weighted by Crippen LogP contribution is 2.35. The summed E-state index contributed by atoms with van der Waals surface area (Å²) in [5.74, 6) is 0.605. The maximum Gasteiger partial charge on any atom is 0.125 e. The molecular formula is C16H16Cl2O2. The number of hydrogen-bond acceptors (Lipinski definition) is 2. The number of aryl methyl sites for hydroxylation is 2. The number of hydrogen-bond donors (Lipinski definition) is 1. The zero-order chi connectivity index (χ0) is 14.9. The Hall–Kier alpha value is -1.22. The maximum absolute atomic E-state index is 10.6. The van der Waals surface area contributed by atoms with E-state index in [1.54, 1.807) is 25.3 Å². The molecule has 4 heteroatoms. The molecule has 0 amide bonds. The molecule has 0 heterocycles. The number of rotatable bonds is 3. The first-order chi connectivity index (χ1) is 9.43. The molecule has 1 N–H and O–H groups in total. The zero-order valence-corrected chi connectivity index (χ0v) is 13.1. The van der Waals surface area contributed by atoms with Gasteiger partial charge >= 0.3 is 0 Å². The summed E-state index contributed by atoms with van der Waals surface area (Å²) in [7, 11) is 1.57. The van der Waals surface area contributed by atoms with Gasteiger partial charge in [-0.15, -0.1) is 0 Å². The van der Waals surface area contributed by atoms with Crippen molar-refractivity contribution in [2.24, 2.45) is 0 Å². The van der Waals surface area contributed by atoms with Crippen LogP contribution in [-0.4, -0.2) is 12.2 Å². The van der Waals surface area contributed by atoms with Crippen molar-refractivity contribution in [3.8, 4) is 5.75 Å². The lowest BCUT2D eigenvalue weighted by Gasteiger charge is -2.18. The van der Waals surface area contributed by atoms with E-state index in [1.807, 2.05) is 26.0 Å². The molecule has 0 spiro atoms. The zero-order valence-electron chi connectivity index (χ0n) is 11.6. The summed E-state index contributed by atoms with van der Waals surface area (Å²) in [5, 5.41) is 11.9. The van der Waals surface area contributed by atoms with Gasteiger partial charge in [0.05, 0.1) is 7.11 Å². The highest BCUT2D eigenvalue weighted by Gasteiger charge is 2.18. The number of aliphatic hydroxyl groups excluding tert-OH is 1. The van der Waals surface area contributed by atoms with Crippen molar-refractivity contribution in [3.63, 3.8) is 0 Å². The van der Waals surface area contributed by atoms with Gasteiger partial charge in [0.25, 0.3) is 0 Å².